The number of rotatable bonds is 8. The first-order valence-electron chi connectivity index (χ1n) is 7.45. The lowest BCUT2D eigenvalue weighted by Gasteiger charge is -2.17. The van der Waals surface area contributed by atoms with Crippen LogP contribution in [0.4, 0.5) is 5.69 Å². The van der Waals surface area contributed by atoms with Gasteiger partial charge in [-0.25, -0.2) is 0 Å². The molecule has 0 heterocycles. The van der Waals surface area contributed by atoms with E-state index in [1.54, 1.807) is 0 Å². The molecule has 0 saturated heterocycles. The number of hydrogen-bond donors (Lipinski definition) is 1. The summed E-state index contributed by atoms with van der Waals surface area (Å²) >= 11 is 0. The highest BCUT2D eigenvalue weighted by atomic mass is 16.5. The lowest BCUT2D eigenvalue weighted by molar-refractivity contribution is 0.265. The summed E-state index contributed by atoms with van der Waals surface area (Å²) in [6, 6.07) is 18.2. The highest BCUT2D eigenvalue weighted by Crippen LogP contribution is 2.19. The molecule has 0 unspecified atom stereocenters. The molecule has 2 aromatic rings. The molecular weight excluding hydrogens is 260 g/mol. The van der Waals surface area contributed by atoms with Crippen LogP contribution in [0.5, 0.6) is 5.75 Å². The zero-order valence-corrected chi connectivity index (χ0v) is 12.7. The van der Waals surface area contributed by atoms with E-state index >= 15 is 0 Å². The molecule has 3 heteroatoms. The summed E-state index contributed by atoms with van der Waals surface area (Å²) in [5.41, 5.74) is 7.93. The van der Waals surface area contributed by atoms with Gasteiger partial charge in [0.15, 0.2) is 0 Å². The Balaban J connectivity index is 1.61. The van der Waals surface area contributed by atoms with Crippen molar-refractivity contribution < 1.29 is 4.74 Å². The Morgan fingerprint density at radius 1 is 0.952 bits per heavy atom. The van der Waals surface area contributed by atoms with Crippen molar-refractivity contribution in [3.63, 3.8) is 0 Å². The van der Waals surface area contributed by atoms with E-state index in [-0.39, 0.29) is 0 Å². The smallest absolute Gasteiger partial charge is 0.142 e. The SMILES string of the molecule is CN(CCCOc1ccccc1N)CCc1ccccc1. The zero-order valence-electron chi connectivity index (χ0n) is 12.7. The Hall–Kier alpha value is -2.00. The predicted molar refractivity (Wildman–Crippen MR) is 88.6 cm³/mol. The molecule has 0 atom stereocenters. The lowest BCUT2D eigenvalue weighted by Crippen LogP contribution is -2.23. The molecule has 0 radical (unpaired) electrons. The topological polar surface area (TPSA) is 38.5 Å². The lowest BCUT2D eigenvalue weighted by atomic mass is 10.1. The summed E-state index contributed by atoms with van der Waals surface area (Å²) < 4.78 is 5.70. The number of nitrogens with zero attached hydrogens (tertiary/aromatic N) is 1. The third-order valence-corrected chi connectivity index (χ3v) is 3.49. The van der Waals surface area contributed by atoms with Crippen molar-refractivity contribution in [2.45, 2.75) is 12.8 Å². The van der Waals surface area contributed by atoms with Crippen molar-refractivity contribution in [3.05, 3.63) is 60.2 Å². The maximum absolute atomic E-state index is 5.84. The van der Waals surface area contributed by atoms with Crippen LogP contribution in [0.15, 0.2) is 54.6 Å². The van der Waals surface area contributed by atoms with Crippen molar-refractivity contribution in [1.29, 1.82) is 0 Å². The average Bonchev–Trinajstić information content (AvgIpc) is 2.52. The molecule has 0 aliphatic carbocycles. The van der Waals surface area contributed by atoms with Gasteiger partial charge in [-0.2, -0.15) is 0 Å². The molecule has 2 aromatic carbocycles. The van der Waals surface area contributed by atoms with Crippen LogP contribution >= 0.6 is 0 Å². The quantitative estimate of drug-likeness (QED) is 0.597. The number of para-hydroxylation sites is 2. The van der Waals surface area contributed by atoms with Gasteiger partial charge < -0.3 is 15.4 Å². The summed E-state index contributed by atoms with van der Waals surface area (Å²) in [5, 5.41) is 0. The van der Waals surface area contributed by atoms with Crippen molar-refractivity contribution in [2.24, 2.45) is 0 Å². The molecule has 0 amide bonds. The van der Waals surface area contributed by atoms with E-state index in [0.717, 1.165) is 31.7 Å². The summed E-state index contributed by atoms with van der Waals surface area (Å²) in [7, 11) is 2.15. The van der Waals surface area contributed by atoms with Gasteiger partial charge in [-0.05, 0) is 37.6 Å². The monoisotopic (exact) mass is 284 g/mol. The van der Waals surface area contributed by atoms with E-state index in [9.17, 15) is 0 Å². The van der Waals surface area contributed by atoms with Crippen LogP contribution in [0.25, 0.3) is 0 Å². The van der Waals surface area contributed by atoms with Gasteiger partial charge in [0.2, 0.25) is 0 Å². The van der Waals surface area contributed by atoms with Gasteiger partial charge in [0.1, 0.15) is 5.75 Å². The fourth-order valence-corrected chi connectivity index (χ4v) is 2.21. The summed E-state index contributed by atoms with van der Waals surface area (Å²) in [6.45, 7) is 2.79. The van der Waals surface area contributed by atoms with Crippen LogP contribution in [0.2, 0.25) is 0 Å². The fraction of sp³-hybridized carbons (Fsp3) is 0.333. The van der Waals surface area contributed by atoms with Crippen LogP contribution < -0.4 is 10.5 Å². The van der Waals surface area contributed by atoms with Crippen molar-refractivity contribution in [1.82, 2.24) is 4.90 Å². The Labute approximate surface area is 127 Å². The fourth-order valence-electron chi connectivity index (χ4n) is 2.21. The average molecular weight is 284 g/mol. The van der Waals surface area contributed by atoms with Crippen LogP contribution in [0.1, 0.15) is 12.0 Å². The molecule has 3 nitrogen and oxygen atoms in total. The first-order chi connectivity index (χ1) is 10.3. The van der Waals surface area contributed by atoms with E-state index in [1.165, 1.54) is 5.56 Å². The van der Waals surface area contributed by atoms with Gasteiger partial charge in [-0.15, -0.1) is 0 Å². The Kier molecular flexibility index (Phi) is 6.10. The van der Waals surface area contributed by atoms with Crippen LogP contribution in [0.3, 0.4) is 0 Å². The highest BCUT2D eigenvalue weighted by molar-refractivity contribution is 5.51. The van der Waals surface area contributed by atoms with Crippen molar-refractivity contribution >= 4 is 5.69 Å². The number of ether oxygens (including phenoxy) is 1. The van der Waals surface area contributed by atoms with Crippen LogP contribution in [0, 0.1) is 0 Å². The Bertz CT molecular complexity index is 528. The minimum atomic E-state index is 0.698. The summed E-state index contributed by atoms with van der Waals surface area (Å²) in [4.78, 5) is 2.34. The van der Waals surface area contributed by atoms with E-state index in [4.69, 9.17) is 10.5 Å². The van der Waals surface area contributed by atoms with E-state index in [0.29, 0.717) is 12.3 Å². The highest BCUT2D eigenvalue weighted by Gasteiger charge is 2.01. The van der Waals surface area contributed by atoms with Gasteiger partial charge >= 0.3 is 0 Å². The molecule has 0 spiro atoms. The zero-order chi connectivity index (χ0) is 14.9. The van der Waals surface area contributed by atoms with Crippen LogP contribution in [-0.4, -0.2) is 31.6 Å². The van der Waals surface area contributed by atoms with Gasteiger partial charge in [0.25, 0.3) is 0 Å². The number of likely N-dealkylation sites (N-methyl/N-ethyl adjacent to an activating group) is 1. The molecule has 0 aromatic heterocycles. The summed E-state index contributed by atoms with van der Waals surface area (Å²) in [6.07, 6.45) is 2.09. The molecule has 112 valence electrons. The number of anilines is 1. The normalized spacial score (nSPS) is 10.8. The van der Waals surface area contributed by atoms with E-state index in [2.05, 4.69) is 42.3 Å². The Morgan fingerprint density at radius 2 is 1.67 bits per heavy atom. The molecule has 0 aliphatic heterocycles. The minimum absolute atomic E-state index is 0.698. The maximum Gasteiger partial charge on any atom is 0.142 e. The van der Waals surface area contributed by atoms with Crippen molar-refractivity contribution in [2.75, 3.05) is 32.5 Å². The first-order valence-corrected chi connectivity index (χ1v) is 7.45. The first kappa shape index (κ1) is 15.4. The van der Waals surface area contributed by atoms with E-state index in [1.807, 2.05) is 24.3 Å². The molecule has 0 aliphatic rings. The third-order valence-electron chi connectivity index (χ3n) is 3.49. The second-order valence-electron chi connectivity index (χ2n) is 5.28. The number of hydrogen-bond acceptors (Lipinski definition) is 3. The van der Waals surface area contributed by atoms with Gasteiger partial charge in [0, 0.05) is 13.1 Å². The Morgan fingerprint density at radius 3 is 2.43 bits per heavy atom. The molecular formula is C18H24N2O. The number of nitrogen functional groups attached to an aromatic ring is 1. The molecule has 0 bridgehead atoms. The standard InChI is InChI=1S/C18H24N2O/c1-20(14-12-16-8-3-2-4-9-16)13-7-15-21-18-11-6-5-10-17(18)19/h2-6,8-11H,7,12-15,19H2,1H3. The molecule has 0 fully saturated rings. The van der Waals surface area contributed by atoms with Crippen LogP contribution in [-0.2, 0) is 6.42 Å². The van der Waals surface area contributed by atoms with E-state index < -0.39 is 0 Å². The molecule has 21 heavy (non-hydrogen) atoms. The number of benzene rings is 2. The van der Waals surface area contributed by atoms with Crippen molar-refractivity contribution in [3.8, 4) is 5.75 Å². The van der Waals surface area contributed by atoms with Gasteiger partial charge in [-0.1, -0.05) is 42.5 Å². The minimum Gasteiger partial charge on any atom is -0.491 e. The molecule has 2 rings (SSSR count). The molecule has 2 N–H and O–H groups in total. The van der Waals surface area contributed by atoms with Gasteiger partial charge in [-0.3, -0.25) is 0 Å². The maximum atomic E-state index is 5.84. The largest absolute Gasteiger partial charge is 0.491 e. The third kappa shape index (κ3) is 5.48. The molecule has 0 saturated carbocycles. The summed E-state index contributed by atoms with van der Waals surface area (Å²) in [5.74, 6) is 0.782. The second kappa shape index (κ2) is 8.32. The predicted octanol–water partition coefficient (Wildman–Crippen LogP) is 3.21. The second-order valence-corrected chi connectivity index (χ2v) is 5.28. The number of nitrogens with two attached hydrogens (primary N) is 1. The van der Waals surface area contributed by atoms with Gasteiger partial charge in [0.05, 0.1) is 12.3 Å².